The molecule has 274 valence electrons. The van der Waals surface area contributed by atoms with E-state index in [9.17, 15) is 39.0 Å². The SMILES string of the molecule is COC(=O)c1c(O)c2c(c(-c3c4c(c(O)c(C(=O)OC)c3OCc3ccccc3)C(=O)C(=O)C(OC)=C4)c1OCc1ccccc1)C=C(OC)C(=O)C2=O. The van der Waals surface area contributed by atoms with Gasteiger partial charge in [-0.2, -0.15) is 0 Å². The minimum Gasteiger partial charge on any atom is -0.506 e. The number of methoxy groups -OCH3 is 4. The van der Waals surface area contributed by atoms with Crippen molar-refractivity contribution in [2.24, 2.45) is 0 Å². The van der Waals surface area contributed by atoms with Gasteiger partial charge in [-0.1, -0.05) is 60.7 Å². The van der Waals surface area contributed by atoms with E-state index in [1.807, 2.05) is 0 Å². The molecule has 54 heavy (non-hydrogen) atoms. The van der Waals surface area contributed by atoms with Crippen molar-refractivity contribution >= 4 is 47.2 Å². The van der Waals surface area contributed by atoms with E-state index in [2.05, 4.69) is 0 Å². The number of hydrogen-bond acceptors (Lipinski definition) is 14. The van der Waals surface area contributed by atoms with Crippen molar-refractivity contribution in [1.82, 2.24) is 0 Å². The summed E-state index contributed by atoms with van der Waals surface area (Å²) in [5.41, 5.74) is -2.86. The van der Waals surface area contributed by atoms with Crippen LogP contribution in [-0.4, -0.2) is 73.7 Å². The second-order valence-corrected chi connectivity index (χ2v) is 11.7. The third-order valence-corrected chi connectivity index (χ3v) is 8.72. The summed E-state index contributed by atoms with van der Waals surface area (Å²) in [5.74, 6) is -11.3. The van der Waals surface area contributed by atoms with Gasteiger partial charge in [0, 0.05) is 22.3 Å². The van der Waals surface area contributed by atoms with Gasteiger partial charge in [0.1, 0.15) is 47.3 Å². The number of carbonyl (C=O) groups excluding carboxylic acids is 6. The van der Waals surface area contributed by atoms with Gasteiger partial charge in [0.15, 0.2) is 11.5 Å². The molecule has 0 saturated heterocycles. The second-order valence-electron chi connectivity index (χ2n) is 11.7. The number of esters is 2. The Morgan fingerprint density at radius 1 is 0.519 bits per heavy atom. The monoisotopic (exact) mass is 734 g/mol. The highest BCUT2D eigenvalue weighted by molar-refractivity contribution is 6.53. The molecule has 0 amide bonds. The van der Waals surface area contributed by atoms with E-state index in [1.165, 1.54) is 0 Å². The predicted molar refractivity (Wildman–Crippen MR) is 188 cm³/mol. The highest BCUT2D eigenvalue weighted by atomic mass is 16.5. The summed E-state index contributed by atoms with van der Waals surface area (Å²) < 4.78 is 33.1. The van der Waals surface area contributed by atoms with Gasteiger partial charge in [0.2, 0.25) is 11.6 Å². The van der Waals surface area contributed by atoms with E-state index >= 15 is 0 Å². The molecule has 6 rings (SSSR count). The molecule has 2 aliphatic carbocycles. The van der Waals surface area contributed by atoms with Crippen LogP contribution >= 0.6 is 0 Å². The molecule has 0 saturated carbocycles. The minimum atomic E-state index is -1.30. The average Bonchev–Trinajstić information content (AvgIpc) is 3.19. The van der Waals surface area contributed by atoms with Crippen LogP contribution in [0.1, 0.15) is 63.7 Å². The van der Waals surface area contributed by atoms with Gasteiger partial charge in [0.05, 0.1) is 39.6 Å². The van der Waals surface area contributed by atoms with Crippen LogP contribution in [-0.2, 0) is 41.8 Å². The molecule has 0 aliphatic heterocycles. The number of hydrogen-bond donors (Lipinski definition) is 2. The number of carbonyl (C=O) groups is 6. The Hall–Kier alpha value is -7.22. The van der Waals surface area contributed by atoms with Crippen molar-refractivity contribution < 1.29 is 67.4 Å². The van der Waals surface area contributed by atoms with E-state index < -0.39 is 91.8 Å². The van der Waals surface area contributed by atoms with Crippen molar-refractivity contribution in [2.45, 2.75) is 13.2 Å². The Morgan fingerprint density at radius 2 is 0.870 bits per heavy atom. The van der Waals surface area contributed by atoms with E-state index in [4.69, 9.17) is 28.4 Å². The first-order chi connectivity index (χ1) is 26.0. The molecule has 2 N–H and O–H groups in total. The lowest BCUT2D eigenvalue weighted by Crippen LogP contribution is -2.26. The number of benzene rings is 4. The lowest BCUT2D eigenvalue weighted by atomic mass is 9.79. The van der Waals surface area contributed by atoms with Crippen LogP contribution in [0.5, 0.6) is 23.0 Å². The zero-order chi connectivity index (χ0) is 38.8. The first kappa shape index (κ1) is 36.6. The van der Waals surface area contributed by atoms with Crippen molar-refractivity contribution in [2.75, 3.05) is 28.4 Å². The quantitative estimate of drug-likeness (QED) is 0.154. The zero-order valence-electron chi connectivity index (χ0n) is 29.1. The van der Waals surface area contributed by atoms with Crippen molar-refractivity contribution in [1.29, 1.82) is 0 Å². The fraction of sp³-hybridized carbons (Fsp3) is 0.150. The summed E-state index contributed by atoms with van der Waals surface area (Å²) in [4.78, 5) is 81.2. The highest BCUT2D eigenvalue weighted by Crippen LogP contribution is 2.55. The molecule has 0 aromatic heterocycles. The van der Waals surface area contributed by atoms with Crippen LogP contribution in [0.15, 0.2) is 72.2 Å². The van der Waals surface area contributed by atoms with Crippen LogP contribution in [0.2, 0.25) is 0 Å². The molecule has 0 bridgehead atoms. The third-order valence-electron chi connectivity index (χ3n) is 8.72. The van der Waals surface area contributed by atoms with Gasteiger partial charge in [-0.15, -0.1) is 0 Å². The number of ketones is 4. The summed E-state index contributed by atoms with van der Waals surface area (Å²) in [5, 5.41) is 23.3. The van der Waals surface area contributed by atoms with Crippen LogP contribution in [0, 0.1) is 0 Å². The first-order valence-electron chi connectivity index (χ1n) is 16.0. The molecule has 4 aromatic rings. The van der Waals surface area contributed by atoms with Gasteiger partial charge in [0.25, 0.3) is 11.6 Å². The summed E-state index contributed by atoms with van der Waals surface area (Å²) in [6.07, 6.45) is 2.19. The van der Waals surface area contributed by atoms with Crippen LogP contribution in [0.25, 0.3) is 23.3 Å². The number of rotatable bonds is 11. The molecule has 4 aromatic carbocycles. The van der Waals surface area contributed by atoms with Gasteiger partial charge < -0.3 is 38.6 Å². The molecule has 14 nitrogen and oxygen atoms in total. The van der Waals surface area contributed by atoms with Crippen LogP contribution < -0.4 is 9.47 Å². The fourth-order valence-electron chi connectivity index (χ4n) is 6.19. The molecular formula is C40H30O14. The number of fused-ring (bicyclic) bond motifs is 2. The Labute approximate surface area is 306 Å². The lowest BCUT2D eigenvalue weighted by Gasteiger charge is -2.28. The second kappa shape index (κ2) is 14.8. The van der Waals surface area contributed by atoms with Crippen molar-refractivity contribution in [3.8, 4) is 34.1 Å². The number of allylic oxidation sites excluding steroid dienone is 2. The minimum absolute atomic E-state index is 0.273. The Bertz CT molecular complexity index is 2170. The lowest BCUT2D eigenvalue weighted by molar-refractivity contribution is -0.115. The summed E-state index contributed by atoms with van der Waals surface area (Å²) >= 11 is 0. The maximum atomic E-state index is 13.8. The van der Waals surface area contributed by atoms with E-state index in [1.54, 1.807) is 60.7 Å². The van der Waals surface area contributed by atoms with E-state index in [0.717, 1.165) is 40.6 Å². The largest absolute Gasteiger partial charge is 0.506 e. The molecule has 0 heterocycles. The molecule has 0 spiro atoms. The average molecular weight is 735 g/mol. The van der Waals surface area contributed by atoms with Gasteiger partial charge in [-0.05, 0) is 23.3 Å². The van der Waals surface area contributed by atoms with Gasteiger partial charge in [-0.3, -0.25) is 19.2 Å². The highest BCUT2D eigenvalue weighted by Gasteiger charge is 2.44. The van der Waals surface area contributed by atoms with Crippen molar-refractivity contribution in [3.63, 3.8) is 0 Å². The fourth-order valence-corrected chi connectivity index (χ4v) is 6.19. The number of Topliss-reactive ketones (excluding diaryl/α,β-unsaturated/α-hetero) is 4. The van der Waals surface area contributed by atoms with Crippen molar-refractivity contribution in [3.05, 3.63) is 117 Å². The maximum absolute atomic E-state index is 13.8. The molecular weight excluding hydrogens is 704 g/mol. The Kier molecular flexibility index (Phi) is 10.0. The van der Waals surface area contributed by atoms with Gasteiger partial charge >= 0.3 is 11.9 Å². The molecule has 14 heteroatoms. The number of aromatic hydroxyl groups is 2. The van der Waals surface area contributed by atoms with E-state index in [-0.39, 0.29) is 35.5 Å². The molecule has 2 aliphatic rings. The number of phenolic OH excluding ortho intramolecular Hbond substituents is 2. The Balaban J connectivity index is 1.88. The summed E-state index contributed by atoms with van der Waals surface area (Å²) in [7, 11) is 4.26. The third kappa shape index (κ3) is 6.08. The van der Waals surface area contributed by atoms with Crippen LogP contribution in [0.4, 0.5) is 0 Å². The van der Waals surface area contributed by atoms with E-state index in [0.29, 0.717) is 11.1 Å². The summed E-state index contributed by atoms with van der Waals surface area (Å²) in [6, 6.07) is 17.2. The predicted octanol–water partition coefficient (Wildman–Crippen LogP) is 5.00. The molecule has 0 radical (unpaired) electrons. The first-order valence-corrected chi connectivity index (χ1v) is 16.0. The smallest absolute Gasteiger partial charge is 0.345 e. The summed E-state index contributed by atoms with van der Waals surface area (Å²) in [6.45, 7) is -0.546. The van der Waals surface area contributed by atoms with Gasteiger partial charge in [-0.25, -0.2) is 9.59 Å². The number of phenols is 2. The standard InChI is InChI=1S/C40H30O14/c1-49-23-15-21-25(37(53-17-19-11-7-5-8-12-19)29(39(47)51-3)33(43)27(21)35(45)31(23)41)26-22-16-24(50-2)32(42)36(46)28(22)34(44)30(40(48)52-4)38(26)54-18-20-13-9-6-10-14-20/h5-16,43-44H,17-18H2,1-4H3. The molecule has 0 fully saturated rings. The number of ether oxygens (including phenoxy) is 6. The zero-order valence-corrected chi connectivity index (χ0v) is 29.1. The Morgan fingerprint density at radius 3 is 1.19 bits per heavy atom. The molecule has 0 unspecified atom stereocenters. The molecule has 0 atom stereocenters. The normalized spacial score (nSPS) is 13.3. The topological polar surface area (TPSA) is 198 Å². The maximum Gasteiger partial charge on any atom is 0.345 e. The van der Waals surface area contributed by atoms with Crippen LogP contribution in [0.3, 0.4) is 0 Å².